The molecule has 1 heterocycles. The van der Waals surface area contributed by atoms with Crippen LogP contribution in [0.5, 0.6) is 5.75 Å². The van der Waals surface area contributed by atoms with Crippen LogP contribution in [0.25, 0.3) is 22.3 Å². The summed E-state index contributed by atoms with van der Waals surface area (Å²) in [5.74, 6) is -0.264. The Bertz CT molecular complexity index is 1600. The monoisotopic (exact) mass is 530 g/mol. The highest BCUT2D eigenvalue weighted by Gasteiger charge is 2.31. The van der Waals surface area contributed by atoms with E-state index in [9.17, 15) is 28.1 Å². The molecule has 0 N–H and O–H groups in total. The third kappa shape index (κ3) is 5.46. The minimum atomic E-state index is -4.61. The molecule has 190 valence electrons. The highest BCUT2D eigenvalue weighted by molar-refractivity contribution is 6.32. The number of alkyl halides is 3. The first-order chi connectivity index (χ1) is 17.5. The largest absolute Gasteiger partial charge is 0.483 e. The van der Waals surface area contributed by atoms with Crippen molar-refractivity contribution in [1.82, 2.24) is 9.66 Å². The van der Waals surface area contributed by atoms with Crippen LogP contribution in [0.15, 0.2) is 70.6 Å². The molecule has 8 nitrogen and oxygen atoms in total. The predicted molar refractivity (Wildman–Crippen MR) is 133 cm³/mol. The summed E-state index contributed by atoms with van der Waals surface area (Å²) in [5.41, 5.74) is -1.56. The molecular formula is C25H18ClF3N4O4. The van der Waals surface area contributed by atoms with Crippen LogP contribution in [0, 0.1) is 10.1 Å². The number of nitro benzene ring substituents is 1. The maximum Gasteiger partial charge on any atom is 0.416 e. The Morgan fingerprint density at radius 1 is 1.14 bits per heavy atom. The van der Waals surface area contributed by atoms with Crippen molar-refractivity contribution in [2.75, 3.05) is 0 Å². The molecule has 1 aromatic heterocycles. The van der Waals surface area contributed by atoms with Gasteiger partial charge < -0.3 is 4.74 Å². The lowest BCUT2D eigenvalue weighted by molar-refractivity contribution is -0.386. The summed E-state index contributed by atoms with van der Waals surface area (Å²) in [6, 6.07) is 13.2. The van der Waals surface area contributed by atoms with Gasteiger partial charge in [0.05, 0.1) is 38.7 Å². The topological polar surface area (TPSA) is 99.6 Å². The van der Waals surface area contributed by atoms with Crippen molar-refractivity contribution in [3.8, 4) is 17.1 Å². The smallest absolute Gasteiger partial charge is 0.416 e. The van der Waals surface area contributed by atoms with E-state index >= 15 is 0 Å². The van der Waals surface area contributed by atoms with Crippen LogP contribution in [0.4, 0.5) is 18.9 Å². The average molecular weight is 531 g/mol. The van der Waals surface area contributed by atoms with Crippen LogP contribution in [0.2, 0.25) is 5.02 Å². The Balaban J connectivity index is 1.90. The summed E-state index contributed by atoms with van der Waals surface area (Å²) < 4.78 is 46.3. The molecule has 0 atom stereocenters. The van der Waals surface area contributed by atoms with Crippen LogP contribution >= 0.6 is 11.6 Å². The van der Waals surface area contributed by atoms with Gasteiger partial charge in [-0.05, 0) is 44.2 Å². The Morgan fingerprint density at radius 2 is 1.86 bits per heavy atom. The van der Waals surface area contributed by atoms with Gasteiger partial charge >= 0.3 is 11.9 Å². The first-order valence-electron chi connectivity index (χ1n) is 10.8. The fourth-order valence-corrected chi connectivity index (χ4v) is 3.81. The highest BCUT2D eigenvalue weighted by atomic mass is 35.5. The lowest BCUT2D eigenvalue weighted by Gasteiger charge is -2.13. The van der Waals surface area contributed by atoms with Crippen molar-refractivity contribution in [2.45, 2.75) is 26.1 Å². The summed E-state index contributed by atoms with van der Waals surface area (Å²) in [4.78, 5) is 28.6. The van der Waals surface area contributed by atoms with Crippen molar-refractivity contribution < 1.29 is 22.8 Å². The molecule has 3 aromatic carbocycles. The molecule has 0 spiro atoms. The van der Waals surface area contributed by atoms with Crippen molar-refractivity contribution in [1.29, 1.82) is 0 Å². The maximum atomic E-state index is 13.3. The normalized spacial score (nSPS) is 12.0. The van der Waals surface area contributed by atoms with Gasteiger partial charge in [0.2, 0.25) is 5.75 Å². The Morgan fingerprint density at radius 3 is 2.54 bits per heavy atom. The van der Waals surface area contributed by atoms with Gasteiger partial charge in [-0.1, -0.05) is 35.9 Å². The van der Waals surface area contributed by atoms with E-state index in [4.69, 9.17) is 16.3 Å². The lowest BCUT2D eigenvalue weighted by atomic mass is 10.1. The third-order valence-corrected chi connectivity index (χ3v) is 5.40. The number of rotatable bonds is 6. The molecule has 0 radical (unpaired) electrons. The van der Waals surface area contributed by atoms with Crippen molar-refractivity contribution in [2.24, 2.45) is 5.10 Å². The van der Waals surface area contributed by atoms with Crippen LogP contribution in [-0.4, -0.2) is 26.9 Å². The van der Waals surface area contributed by atoms with E-state index < -0.39 is 27.9 Å². The number of hydrogen-bond acceptors (Lipinski definition) is 6. The van der Waals surface area contributed by atoms with E-state index in [0.29, 0.717) is 0 Å². The zero-order chi connectivity index (χ0) is 26.9. The van der Waals surface area contributed by atoms with Crippen molar-refractivity contribution >= 4 is 34.4 Å². The molecule has 4 rings (SSSR count). The second kappa shape index (κ2) is 10.0. The molecule has 0 aliphatic rings. The molecule has 0 fully saturated rings. The van der Waals surface area contributed by atoms with E-state index in [-0.39, 0.29) is 44.7 Å². The molecule has 12 heteroatoms. The maximum absolute atomic E-state index is 13.3. The van der Waals surface area contributed by atoms with Gasteiger partial charge in [0.15, 0.2) is 5.82 Å². The van der Waals surface area contributed by atoms with Gasteiger partial charge in [0.1, 0.15) is 0 Å². The number of ether oxygens (including phenoxy) is 1. The standard InChI is InChI=1S/C25H18ClF3N4O4/c1-14(2)37-22-19(26)10-15(11-21(22)33(35)36)13-30-32-23(16-6-5-7-17(12-16)25(27,28)29)31-20-9-4-3-8-18(20)24(32)34/h3-14H,1-2H3. The molecule has 0 unspecified atom stereocenters. The van der Waals surface area contributed by atoms with Gasteiger partial charge in [0.25, 0.3) is 5.56 Å². The number of nitro groups is 1. The summed E-state index contributed by atoms with van der Waals surface area (Å²) >= 11 is 6.22. The van der Waals surface area contributed by atoms with E-state index in [2.05, 4.69) is 10.1 Å². The number of benzene rings is 3. The van der Waals surface area contributed by atoms with Gasteiger partial charge in [-0.2, -0.15) is 22.9 Å². The Labute approximate surface area is 212 Å². The molecule has 0 saturated heterocycles. The molecule has 0 saturated carbocycles. The molecule has 0 amide bonds. The quantitative estimate of drug-likeness (QED) is 0.165. The van der Waals surface area contributed by atoms with Crippen LogP contribution in [-0.2, 0) is 6.18 Å². The van der Waals surface area contributed by atoms with Gasteiger partial charge in [0, 0.05) is 17.2 Å². The number of aromatic nitrogens is 2. The van der Waals surface area contributed by atoms with Crippen molar-refractivity contribution in [3.05, 3.63) is 97.3 Å². The Hall–Kier alpha value is -4.25. The van der Waals surface area contributed by atoms with Gasteiger partial charge in [-0.3, -0.25) is 14.9 Å². The summed E-state index contributed by atoms with van der Waals surface area (Å²) in [7, 11) is 0. The zero-order valence-corrected chi connectivity index (χ0v) is 20.1. The lowest BCUT2D eigenvalue weighted by Crippen LogP contribution is -2.20. The van der Waals surface area contributed by atoms with E-state index in [1.54, 1.807) is 32.0 Å². The minimum absolute atomic E-state index is 0.000442. The van der Waals surface area contributed by atoms with Crippen LogP contribution < -0.4 is 10.3 Å². The number of nitrogens with zero attached hydrogens (tertiary/aromatic N) is 4. The fourth-order valence-electron chi connectivity index (χ4n) is 3.54. The molecule has 0 aliphatic heterocycles. The van der Waals surface area contributed by atoms with Crippen LogP contribution in [0.1, 0.15) is 25.0 Å². The molecular weight excluding hydrogens is 513 g/mol. The van der Waals surface area contributed by atoms with E-state index in [0.717, 1.165) is 29.1 Å². The summed E-state index contributed by atoms with van der Waals surface area (Å²) in [6.45, 7) is 3.37. The molecule has 0 aliphatic carbocycles. The number of para-hydroxylation sites is 1. The second-order valence-electron chi connectivity index (χ2n) is 8.17. The summed E-state index contributed by atoms with van der Waals surface area (Å²) in [5, 5.41) is 15.9. The molecule has 37 heavy (non-hydrogen) atoms. The number of fused-ring (bicyclic) bond motifs is 1. The molecule has 4 aromatic rings. The predicted octanol–water partition coefficient (Wildman–Crippen LogP) is 6.31. The fraction of sp³-hybridized carbons (Fsp3) is 0.160. The average Bonchev–Trinajstić information content (AvgIpc) is 2.84. The van der Waals surface area contributed by atoms with Gasteiger partial charge in [-0.25, -0.2) is 4.98 Å². The van der Waals surface area contributed by atoms with Gasteiger partial charge in [-0.15, -0.1) is 0 Å². The molecule has 0 bridgehead atoms. The first kappa shape index (κ1) is 25.8. The second-order valence-corrected chi connectivity index (χ2v) is 8.57. The third-order valence-electron chi connectivity index (χ3n) is 5.12. The zero-order valence-electron chi connectivity index (χ0n) is 19.4. The van der Waals surface area contributed by atoms with E-state index in [1.807, 2.05) is 0 Å². The van der Waals surface area contributed by atoms with E-state index in [1.165, 1.54) is 24.3 Å². The first-order valence-corrected chi connectivity index (χ1v) is 11.2. The van der Waals surface area contributed by atoms with Crippen LogP contribution in [0.3, 0.4) is 0 Å². The number of halogens is 4. The van der Waals surface area contributed by atoms with Crippen molar-refractivity contribution in [3.63, 3.8) is 0 Å². The Kier molecular flexibility index (Phi) is 6.99. The highest BCUT2D eigenvalue weighted by Crippen LogP contribution is 2.36. The minimum Gasteiger partial charge on any atom is -0.483 e. The number of hydrogen-bond donors (Lipinski definition) is 0. The SMILES string of the molecule is CC(C)Oc1c(Cl)cc(C=Nn2c(-c3cccc(C(F)(F)F)c3)nc3ccccc3c2=O)cc1[N+](=O)[O-]. The summed E-state index contributed by atoms with van der Waals surface area (Å²) in [6.07, 6.45) is -3.86.